The van der Waals surface area contributed by atoms with Gasteiger partial charge in [-0.1, -0.05) is 0 Å². The fourth-order valence-electron chi connectivity index (χ4n) is 1.63. The Morgan fingerprint density at radius 3 is 1.91 bits per heavy atom. The van der Waals surface area contributed by atoms with Crippen LogP contribution in [0.1, 0.15) is 12.8 Å². The van der Waals surface area contributed by atoms with Crippen LogP contribution in [0.5, 0.6) is 0 Å². The van der Waals surface area contributed by atoms with Crippen LogP contribution in [0, 0.1) is 0 Å². The molecule has 0 saturated heterocycles. The first kappa shape index (κ1) is 22.0. The van der Waals surface area contributed by atoms with Crippen molar-refractivity contribution in [2.75, 3.05) is 30.6 Å². The quantitative estimate of drug-likeness (QED) is 0.292. The summed E-state index contributed by atoms with van der Waals surface area (Å²) in [5.74, 6) is -1.13. The number of carbonyl (C=O) groups is 3. The summed E-state index contributed by atoms with van der Waals surface area (Å²) >= 11 is 2.98. The SMILES string of the molecule is CSCCC(NC(=O)C(CCSC)NC(=O)C(N)CO)C(=O)O. The fraction of sp³-hybridized carbons (Fsp3) is 0.769. The Bertz CT molecular complexity index is 398. The first-order chi connectivity index (χ1) is 10.9. The average Bonchev–Trinajstić information content (AvgIpc) is 2.53. The number of thioether (sulfide) groups is 2. The molecule has 0 aliphatic rings. The zero-order chi connectivity index (χ0) is 17.8. The Morgan fingerprint density at radius 1 is 1.00 bits per heavy atom. The summed E-state index contributed by atoms with van der Waals surface area (Å²) < 4.78 is 0. The maximum absolute atomic E-state index is 12.3. The fourth-order valence-corrected chi connectivity index (χ4v) is 2.57. The molecule has 0 fully saturated rings. The maximum Gasteiger partial charge on any atom is 0.326 e. The minimum Gasteiger partial charge on any atom is -0.480 e. The van der Waals surface area contributed by atoms with Crippen LogP contribution in [-0.2, 0) is 14.4 Å². The van der Waals surface area contributed by atoms with Crippen LogP contribution in [-0.4, -0.2) is 76.7 Å². The molecule has 0 aliphatic heterocycles. The molecule has 0 aromatic carbocycles. The molecule has 0 aromatic rings. The number of amides is 2. The molecule has 134 valence electrons. The van der Waals surface area contributed by atoms with E-state index in [1.807, 2.05) is 12.5 Å². The van der Waals surface area contributed by atoms with Gasteiger partial charge in [-0.3, -0.25) is 9.59 Å². The first-order valence-corrected chi connectivity index (χ1v) is 9.84. The molecule has 3 unspecified atom stereocenters. The monoisotopic (exact) mass is 367 g/mol. The largest absolute Gasteiger partial charge is 0.480 e. The van der Waals surface area contributed by atoms with Crippen LogP contribution < -0.4 is 16.4 Å². The van der Waals surface area contributed by atoms with Gasteiger partial charge in [-0.15, -0.1) is 0 Å². The highest BCUT2D eigenvalue weighted by molar-refractivity contribution is 7.98. The Balaban J connectivity index is 4.82. The lowest BCUT2D eigenvalue weighted by Crippen LogP contribution is -2.55. The summed E-state index contributed by atoms with van der Waals surface area (Å²) in [6.45, 7) is -0.534. The van der Waals surface area contributed by atoms with Crippen molar-refractivity contribution in [1.82, 2.24) is 10.6 Å². The lowest BCUT2D eigenvalue weighted by molar-refractivity contribution is -0.142. The molecule has 0 rings (SSSR count). The zero-order valence-electron chi connectivity index (χ0n) is 13.3. The molecule has 6 N–H and O–H groups in total. The molecule has 8 nitrogen and oxygen atoms in total. The molecule has 0 saturated carbocycles. The van der Waals surface area contributed by atoms with E-state index in [9.17, 15) is 14.4 Å². The van der Waals surface area contributed by atoms with Crippen molar-refractivity contribution in [2.24, 2.45) is 5.73 Å². The summed E-state index contributed by atoms with van der Waals surface area (Å²) in [5, 5.41) is 22.9. The molecule has 23 heavy (non-hydrogen) atoms. The smallest absolute Gasteiger partial charge is 0.326 e. The van der Waals surface area contributed by atoms with Crippen LogP contribution in [0.3, 0.4) is 0 Å². The van der Waals surface area contributed by atoms with E-state index in [1.54, 1.807) is 0 Å². The van der Waals surface area contributed by atoms with Crippen molar-refractivity contribution in [2.45, 2.75) is 31.0 Å². The maximum atomic E-state index is 12.3. The van der Waals surface area contributed by atoms with E-state index in [0.717, 1.165) is 0 Å². The predicted octanol–water partition coefficient (Wildman–Crippen LogP) is -1.13. The first-order valence-electron chi connectivity index (χ1n) is 7.05. The standard InChI is InChI=1S/C13H25N3O5S2/c1-22-5-3-9(15-11(18)8(14)7-17)12(19)16-10(13(20)21)4-6-23-2/h8-10,17H,3-7,14H2,1-2H3,(H,15,18)(H,16,19)(H,20,21). The number of aliphatic hydroxyl groups is 1. The molecule has 2 amide bonds. The molecule has 10 heteroatoms. The number of nitrogens with two attached hydrogens (primary N) is 1. The molecule has 0 radical (unpaired) electrons. The molecule has 0 bridgehead atoms. The van der Waals surface area contributed by atoms with Gasteiger partial charge in [0.1, 0.15) is 18.1 Å². The third-order valence-electron chi connectivity index (χ3n) is 3.00. The van der Waals surface area contributed by atoms with Crippen LogP contribution >= 0.6 is 23.5 Å². The number of carboxylic acid groups (broad SMARTS) is 1. The van der Waals surface area contributed by atoms with Gasteiger partial charge in [0.15, 0.2) is 0 Å². The van der Waals surface area contributed by atoms with Gasteiger partial charge in [-0.05, 0) is 36.9 Å². The third-order valence-corrected chi connectivity index (χ3v) is 4.29. The van der Waals surface area contributed by atoms with Crippen molar-refractivity contribution < 1.29 is 24.6 Å². The van der Waals surface area contributed by atoms with Crippen molar-refractivity contribution in [1.29, 1.82) is 0 Å². The minimum absolute atomic E-state index is 0.293. The highest BCUT2D eigenvalue weighted by atomic mass is 32.2. The Hall–Kier alpha value is -0.970. The minimum atomic E-state index is -1.12. The highest BCUT2D eigenvalue weighted by Gasteiger charge is 2.27. The van der Waals surface area contributed by atoms with E-state index in [0.29, 0.717) is 24.3 Å². The molecule has 0 aliphatic carbocycles. The summed E-state index contributed by atoms with van der Waals surface area (Å²) in [5.41, 5.74) is 5.41. The van der Waals surface area contributed by atoms with E-state index in [-0.39, 0.29) is 0 Å². The lowest BCUT2D eigenvalue weighted by Gasteiger charge is -2.22. The normalized spacial score (nSPS) is 14.6. The number of aliphatic hydroxyl groups excluding tert-OH is 1. The van der Waals surface area contributed by atoms with E-state index >= 15 is 0 Å². The van der Waals surface area contributed by atoms with Gasteiger partial charge in [0.25, 0.3) is 0 Å². The van der Waals surface area contributed by atoms with Crippen LogP contribution in [0.25, 0.3) is 0 Å². The number of rotatable bonds is 12. The van der Waals surface area contributed by atoms with E-state index in [2.05, 4.69) is 10.6 Å². The molecular formula is C13H25N3O5S2. The number of nitrogens with one attached hydrogen (secondary N) is 2. The number of hydrogen-bond donors (Lipinski definition) is 5. The van der Waals surface area contributed by atoms with Crippen molar-refractivity contribution in [3.05, 3.63) is 0 Å². The van der Waals surface area contributed by atoms with Crippen molar-refractivity contribution in [3.8, 4) is 0 Å². The summed E-state index contributed by atoms with van der Waals surface area (Å²) in [7, 11) is 0. The van der Waals surface area contributed by atoms with E-state index in [1.165, 1.54) is 23.5 Å². The van der Waals surface area contributed by atoms with Gasteiger partial charge in [0, 0.05) is 0 Å². The van der Waals surface area contributed by atoms with Gasteiger partial charge in [-0.2, -0.15) is 23.5 Å². The third kappa shape index (κ3) is 9.04. The van der Waals surface area contributed by atoms with Crippen LogP contribution in [0.2, 0.25) is 0 Å². The number of carboxylic acids is 1. The second kappa shape index (κ2) is 12.5. The second-order valence-corrected chi connectivity index (χ2v) is 6.78. The Morgan fingerprint density at radius 2 is 1.48 bits per heavy atom. The molecule has 0 spiro atoms. The zero-order valence-corrected chi connectivity index (χ0v) is 14.9. The van der Waals surface area contributed by atoms with Gasteiger partial charge < -0.3 is 26.6 Å². The van der Waals surface area contributed by atoms with Gasteiger partial charge in [-0.25, -0.2) is 4.79 Å². The lowest BCUT2D eigenvalue weighted by atomic mass is 10.1. The van der Waals surface area contributed by atoms with Gasteiger partial charge >= 0.3 is 5.97 Å². The summed E-state index contributed by atoms with van der Waals surface area (Å²) in [6.07, 6.45) is 4.33. The van der Waals surface area contributed by atoms with Crippen LogP contribution in [0.4, 0.5) is 0 Å². The summed E-state index contributed by atoms with van der Waals surface area (Å²) in [6, 6.07) is -3.01. The Labute approximate surface area is 144 Å². The summed E-state index contributed by atoms with van der Waals surface area (Å²) in [4.78, 5) is 35.2. The molecule has 3 atom stereocenters. The predicted molar refractivity (Wildman–Crippen MR) is 92.6 cm³/mol. The Kier molecular flexibility index (Phi) is 11.9. The van der Waals surface area contributed by atoms with E-state index in [4.69, 9.17) is 15.9 Å². The van der Waals surface area contributed by atoms with E-state index < -0.39 is 42.5 Å². The average molecular weight is 367 g/mol. The van der Waals surface area contributed by atoms with Crippen molar-refractivity contribution in [3.63, 3.8) is 0 Å². The molecule has 0 aromatic heterocycles. The highest BCUT2D eigenvalue weighted by Crippen LogP contribution is 2.05. The van der Waals surface area contributed by atoms with Gasteiger partial charge in [0.2, 0.25) is 11.8 Å². The molecule has 0 heterocycles. The number of hydrogen-bond acceptors (Lipinski definition) is 7. The number of carbonyl (C=O) groups excluding carboxylic acids is 2. The van der Waals surface area contributed by atoms with Crippen molar-refractivity contribution >= 4 is 41.3 Å². The van der Waals surface area contributed by atoms with Crippen LogP contribution in [0.15, 0.2) is 0 Å². The molecular weight excluding hydrogens is 342 g/mol. The second-order valence-electron chi connectivity index (χ2n) is 4.81. The topological polar surface area (TPSA) is 142 Å². The number of aliphatic carboxylic acids is 1. The van der Waals surface area contributed by atoms with Gasteiger partial charge in [0.05, 0.1) is 6.61 Å².